The Hall–Kier alpha value is -2.95. The number of fused-ring (bicyclic) bond motifs is 2. The van der Waals surface area contributed by atoms with Crippen molar-refractivity contribution in [3.8, 4) is 0 Å². The number of benzene rings is 2. The maximum absolute atomic E-state index is 13.2. The molecule has 138 valence electrons. The molecule has 1 aliphatic carbocycles. The number of ketones is 2. The Balaban J connectivity index is 1.73. The van der Waals surface area contributed by atoms with Crippen molar-refractivity contribution < 1.29 is 19.1 Å². The molecular weight excluding hydrogens is 342 g/mol. The molecule has 0 saturated carbocycles. The van der Waals surface area contributed by atoms with Crippen molar-refractivity contribution in [3.63, 3.8) is 0 Å². The summed E-state index contributed by atoms with van der Waals surface area (Å²) in [6.07, 6.45) is 1.62. The van der Waals surface area contributed by atoms with Crippen LogP contribution < -0.4 is 4.90 Å². The first-order chi connectivity index (χ1) is 13.1. The van der Waals surface area contributed by atoms with Gasteiger partial charge >= 0.3 is 5.97 Å². The number of piperidine rings is 1. The summed E-state index contributed by atoms with van der Waals surface area (Å²) in [5.74, 6) is -0.661. The van der Waals surface area contributed by atoms with Gasteiger partial charge in [-0.2, -0.15) is 0 Å². The van der Waals surface area contributed by atoms with E-state index >= 15 is 0 Å². The Morgan fingerprint density at radius 2 is 1.74 bits per heavy atom. The van der Waals surface area contributed by atoms with Crippen molar-refractivity contribution in [2.45, 2.75) is 19.8 Å². The van der Waals surface area contributed by atoms with Crippen LogP contribution in [0.3, 0.4) is 0 Å². The summed E-state index contributed by atoms with van der Waals surface area (Å²) in [6.45, 7) is 3.40. The second kappa shape index (κ2) is 6.99. The van der Waals surface area contributed by atoms with Crippen molar-refractivity contribution in [1.82, 2.24) is 0 Å². The van der Waals surface area contributed by atoms with Crippen molar-refractivity contribution in [2.75, 3.05) is 24.6 Å². The molecule has 0 spiro atoms. The number of carbonyl (C=O) groups is 3. The normalized spacial score (nSPS) is 18.7. The Bertz CT molecular complexity index is 934. The topological polar surface area (TPSA) is 63.7 Å². The molecule has 0 unspecified atom stereocenters. The lowest BCUT2D eigenvalue weighted by Gasteiger charge is -2.35. The van der Waals surface area contributed by atoms with E-state index in [1.54, 1.807) is 43.3 Å². The largest absolute Gasteiger partial charge is 0.466 e. The van der Waals surface area contributed by atoms with Crippen LogP contribution in [-0.4, -0.2) is 37.2 Å². The van der Waals surface area contributed by atoms with Gasteiger partial charge in [-0.05, 0) is 25.8 Å². The first kappa shape index (κ1) is 17.5. The Labute approximate surface area is 157 Å². The second-order valence-electron chi connectivity index (χ2n) is 6.94. The van der Waals surface area contributed by atoms with Gasteiger partial charge in [0.2, 0.25) is 0 Å². The molecule has 5 nitrogen and oxygen atoms in total. The molecular formula is C22H21NO4. The Kier molecular flexibility index (Phi) is 4.52. The highest BCUT2D eigenvalue weighted by Gasteiger charge is 2.34. The van der Waals surface area contributed by atoms with Crippen LogP contribution in [-0.2, 0) is 9.53 Å². The number of hydrogen-bond donors (Lipinski definition) is 0. The van der Waals surface area contributed by atoms with Gasteiger partial charge in [0.25, 0.3) is 0 Å². The van der Waals surface area contributed by atoms with E-state index in [4.69, 9.17) is 4.74 Å². The number of esters is 1. The fourth-order valence-electron chi connectivity index (χ4n) is 4.04. The molecule has 1 aliphatic heterocycles. The SMILES string of the molecule is CCOC(=O)[C@@H]1CCCN(c2cccc3c2C(=O)c2ccccc2C3=O)C1. The molecule has 0 radical (unpaired) electrons. The highest BCUT2D eigenvalue weighted by molar-refractivity contribution is 6.30. The summed E-state index contributed by atoms with van der Waals surface area (Å²) in [6, 6.07) is 12.3. The van der Waals surface area contributed by atoms with E-state index in [-0.39, 0.29) is 23.5 Å². The minimum Gasteiger partial charge on any atom is -0.466 e. The number of ether oxygens (including phenoxy) is 1. The minimum atomic E-state index is -0.212. The van der Waals surface area contributed by atoms with Crippen LogP contribution >= 0.6 is 0 Å². The quantitative estimate of drug-likeness (QED) is 0.669. The van der Waals surface area contributed by atoms with Crippen LogP contribution in [0.25, 0.3) is 0 Å². The van der Waals surface area contributed by atoms with E-state index in [1.807, 2.05) is 11.0 Å². The molecule has 0 amide bonds. The van der Waals surface area contributed by atoms with Gasteiger partial charge in [0, 0.05) is 35.5 Å². The monoisotopic (exact) mass is 363 g/mol. The van der Waals surface area contributed by atoms with Crippen LogP contribution in [0.2, 0.25) is 0 Å². The average Bonchev–Trinajstić information content (AvgIpc) is 2.72. The number of nitrogens with zero attached hydrogens (tertiary/aromatic N) is 1. The third-order valence-corrected chi connectivity index (χ3v) is 5.31. The number of anilines is 1. The van der Waals surface area contributed by atoms with E-state index in [2.05, 4.69) is 0 Å². The molecule has 2 aromatic carbocycles. The molecule has 2 aromatic rings. The molecule has 0 bridgehead atoms. The Morgan fingerprint density at radius 3 is 2.48 bits per heavy atom. The van der Waals surface area contributed by atoms with Gasteiger partial charge in [-0.1, -0.05) is 36.4 Å². The molecule has 1 heterocycles. The summed E-state index contributed by atoms with van der Waals surface area (Å²) in [7, 11) is 0. The lowest BCUT2D eigenvalue weighted by molar-refractivity contribution is -0.148. The van der Waals surface area contributed by atoms with Crippen molar-refractivity contribution in [3.05, 3.63) is 64.7 Å². The maximum Gasteiger partial charge on any atom is 0.310 e. The smallest absolute Gasteiger partial charge is 0.310 e. The van der Waals surface area contributed by atoms with E-state index < -0.39 is 0 Å². The summed E-state index contributed by atoms with van der Waals surface area (Å²) < 4.78 is 5.18. The van der Waals surface area contributed by atoms with Crippen LogP contribution in [0.1, 0.15) is 51.6 Å². The zero-order valence-corrected chi connectivity index (χ0v) is 15.2. The van der Waals surface area contributed by atoms with Crippen molar-refractivity contribution in [1.29, 1.82) is 0 Å². The fraction of sp³-hybridized carbons (Fsp3) is 0.318. The summed E-state index contributed by atoms with van der Waals surface area (Å²) in [4.78, 5) is 40.3. The van der Waals surface area contributed by atoms with E-state index in [9.17, 15) is 14.4 Å². The summed E-state index contributed by atoms with van der Waals surface area (Å²) in [5, 5.41) is 0. The molecule has 1 fully saturated rings. The zero-order valence-electron chi connectivity index (χ0n) is 15.2. The van der Waals surface area contributed by atoms with Gasteiger partial charge in [0.15, 0.2) is 11.6 Å². The number of rotatable bonds is 3. The number of carbonyl (C=O) groups excluding carboxylic acids is 3. The van der Waals surface area contributed by atoms with Crippen LogP contribution in [0, 0.1) is 5.92 Å². The first-order valence-electron chi connectivity index (χ1n) is 9.34. The molecule has 1 saturated heterocycles. The molecule has 4 rings (SSSR count). The van der Waals surface area contributed by atoms with E-state index in [1.165, 1.54) is 0 Å². The number of hydrogen-bond acceptors (Lipinski definition) is 5. The van der Waals surface area contributed by atoms with Crippen molar-refractivity contribution >= 4 is 23.2 Å². The first-order valence-corrected chi connectivity index (χ1v) is 9.34. The van der Waals surface area contributed by atoms with Crippen LogP contribution in [0.5, 0.6) is 0 Å². The standard InChI is InChI=1S/C22H21NO4/c1-2-27-22(26)14-7-6-12-23(13-14)18-11-5-10-17-19(18)21(25)16-9-4-3-8-15(16)20(17)24/h3-5,8-11,14H,2,6-7,12-13H2,1H3/t14-/m1/s1. The molecule has 5 heteroatoms. The zero-order chi connectivity index (χ0) is 19.0. The van der Waals surface area contributed by atoms with Gasteiger partial charge in [-0.25, -0.2) is 0 Å². The third-order valence-electron chi connectivity index (χ3n) is 5.31. The van der Waals surface area contributed by atoms with Crippen molar-refractivity contribution in [2.24, 2.45) is 5.92 Å². The highest BCUT2D eigenvalue weighted by atomic mass is 16.5. The molecule has 1 atom stereocenters. The lowest BCUT2D eigenvalue weighted by Crippen LogP contribution is -2.40. The predicted octanol–water partition coefficient (Wildman–Crippen LogP) is 3.24. The molecule has 2 aliphatic rings. The van der Waals surface area contributed by atoms with E-state index in [0.717, 1.165) is 25.1 Å². The summed E-state index contributed by atoms with van der Waals surface area (Å²) in [5.41, 5.74) is 2.52. The van der Waals surface area contributed by atoms with Crippen LogP contribution in [0.4, 0.5) is 5.69 Å². The van der Waals surface area contributed by atoms with E-state index in [0.29, 0.717) is 35.4 Å². The maximum atomic E-state index is 13.2. The Morgan fingerprint density at radius 1 is 1.04 bits per heavy atom. The lowest BCUT2D eigenvalue weighted by atomic mass is 9.82. The third kappa shape index (κ3) is 2.93. The molecule has 0 N–H and O–H groups in total. The van der Waals surface area contributed by atoms with Gasteiger partial charge in [0.05, 0.1) is 18.1 Å². The van der Waals surface area contributed by atoms with Crippen LogP contribution in [0.15, 0.2) is 42.5 Å². The van der Waals surface area contributed by atoms with Gasteiger partial charge in [-0.3, -0.25) is 14.4 Å². The average molecular weight is 363 g/mol. The summed E-state index contributed by atoms with van der Waals surface area (Å²) >= 11 is 0. The molecule has 0 aromatic heterocycles. The van der Waals surface area contributed by atoms with Gasteiger partial charge in [-0.15, -0.1) is 0 Å². The van der Waals surface area contributed by atoms with Gasteiger partial charge in [0.1, 0.15) is 0 Å². The second-order valence-corrected chi connectivity index (χ2v) is 6.94. The fourth-order valence-corrected chi connectivity index (χ4v) is 4.04. The molecule has 27 heavy (non-hydrogen) atoms. The minimum absolute atomic E-state index is 0.124. The predicted molar refractivity (Wildman–Crippen MR) is 101 cm³/mol. The highest BCUT2D eigenvalue weighted by Crippen LogP contribution is 2.35. The van der Waals surface area contributed by atoms with Gasteiger partial charge < -0.3 is 9.64 Å².